The summed E-state index contributed by atoms with van der Waals surface area (Å²) in [4.78, 5) is 0. The SMILES string of the molecule is [AlH3].[SiH4].[Ti].[Ti]. The number of hydrogen-bond donors (Lipinski definition) is 0. The van der Waals surface area contributed by atoms with Gasteiger partial charge in [-0.3, -0.25) is 0 Å². The van der Waals surface area contributed by atoms with Crippen LogP contribution >= 0.6 is 0 Å². The van der Waals surface area contributed by atoms with Gasteiger partial charge in [0.25, 0.3) is 0 Å². The molecule has 0 aliphatic carbocycles. The molecule has 4 heteroatoms. The van der Waals surface area contributed by atoms with Crippen LogP contribution in [0.25, 0.3) is 0 Å². The Morgan fingerprint density at radius 1 is 0.750 bits per heavy atom. The van der Waals surface area contributed by atoms with E-state index < -0.39 is 0 Å². The average molecular weight is 158 g/mol. The summed E-state index contributed by atoms with van der Waals surface area (Å²) in [7, 11) is 0. The van der Waals surface area contributed by atoms with Gasteiger partial charge in [-0.25, -0.2) is 0 Å². The molecule has 0 atom stereocenters. The van der Waals surface area contributed by atoms with Crippen LogP contribution in [-0.4, -0.2) is 28.3 Å². The molecule has 0 rings (SSSR count). The number of hydrogen-bond acceptors (Lipinski definition) is 0. The van der Waals surface area contributed by atoms with Crippen LogP contribution in [-0.2, 0) is 43.4 Å². The first-order chi connectivity index (χ1) is 0. The van der Waals surface area contributed by atoms with E-state index in [-0.39, 0.29) is 71.8 Å². The van der Waals surface area contributed by atoms with E-state index in [9.17, 15) is 0 Å². The molecular formula is H7AlSiTi2. The standard InChI is InChI=1S/Al.H4Si.2Ti.3H/h;1H4;;;;;. The third kappa shape index (κ3) is 8.90. The van der Waals surface area contributed by atoms with Crippen molar-refractivity contribution in [3.8, 4) is 0 Å². The smallest absolute Gasteiger partial charge is 0.0149 e. The van der Waals surface area contributed by atoms with E-state index >= 15 is 0 Å². The van der Waals surface area contributed by atoms with Gasteiger partial charge in [-0.05, 0) is 11.0 Å². The summed E-state index contributed by atoms with van der Waals surface area (Å²) in [5.74, 6) is 0. The van der Waals surface area contributed by atoms with Crippen LogP contribution in [0.1, 0.15) is 0 Å². The minimum Gasteiger partial charge on any atom is -0.0149 e. The zero-order chi connectivity index (χ0) is 0. The van der Waals surface area contributed by atoms with Crippen LogP contribution in [0, 0.1) is 0 Å². The van der Waals surface area contributed by atoms with Crippen molar-refractivity contribution in [2.45, 2.75) is 0 Å². The first kappa shape index (κ1) is 34.9. The van der Waals surface area contributed by atoms with Crippen molar-refractivity contribution in [3.05, 3.63) is 0 Å². The minimum atomic E-state index is 0. The van der Waals surface area contributed by atoms with Gasteiger partial charge in [-0.2, -0.15) is 0 Å². The molecule has 0 aliphatic rings. The molecule has 0 aliphatic heterocycles. The van der Waals surface area contributed by atoms with Crippen molar-refractivity contribution >= 4 is 28.3 Å². The van der Waals surface area contributed by atoms with Gasteiger partial charge in [0, 0.05) is 43.4 Å². The van der Waals surface area contributed by atoms with E-state index in [1.807, 2.05) is 0 Å². The van der Waals surface area contributed by atoms with E-state index in [0.29, 0.717) is 0 Å². The Hall–Kier alpha value is 2.18. The van der Waals surface area contributed by atoms with E-state index in [2.05, 4.69) is 0 Å². The monoisotopic (exact) mass is 158 g/mol. The van der Waals surface area contributed by atoms with Crippen molar-refractivity contribution in [1.82, 2.24) is 0 Å². The summed E-state index contributed by atoms with van der Waals surface area (Å²) in [6.07, 6.45) is 0. The molecule has 0 aromatic carbocycles. The van der Waals surface area contributed by atoms with Crippen molar-refractivity contribution in [3.63, 3.8) is 0 Å². The molecule has 0 saturated carbocycles. The molecule has 0 bridgehead atoms. The van der Waals surface area contributed by atoms with Crippen molar-refractivity contribution in [2.24, 2.45) is 0 Å². The molecule has 0 nitrogen and oxygen atoms in total. The molecule has 22 valence electrons. The van der Waals surface area contributed by atoms with Gasteiger partial charge in [0.15, 0.2) is 17.4 Å². The quantitative estimate of drug-likeness (QED) is 0.338. The van der Waals surface area contributed by atoms with Crippen molar-refractivity contribution in [1.29, 1.82) is 0 Å². The summed E-state index contributed by atoms with van der Waals surface area (Å²) in [6, 6.07) is 0. The molecule has 0 spiro atoms. The molecule has 0 heterocycles. The molecule has 0 aromatic heterocycles. The third-order valence-corrected chi connectivity index (χ3v) is 0. The number of rotatable bonds is 0. The maximum Gasteiger partial charge on any atom is 0.187 e. The molecule has 0 unspecified atom stereocenters. The Kier molecular flexibility index (Phi) is 166. The zero-order valence-electron chi connectivity index (χ0n) is 1.00. The Morgan fingerprint density at radius 3 is 0.750 bits per heavy atom. The summed E-state index contributed by atoms with van der Waals surface area (Å²) in [5, 5.41) is 0. The zero-order valence-corrected chi connectivity index (χ0v) is 4.12. The second-order valence-corrected chi connectivity index (χ2v) is 0. The molecular weight excluding hydrogens is 151 g/mol. The van der Waals surface area contributed by atoms with Gasteiger partial charge in [0.2, 0.25) is 0 Å². The van der Waals surface area contributed by atoms with Crippen LogP contribution in [0.4, 0.5) is 0 Å². The largest absolute Gasteiger partial charge is 0.187 e. The van der Waals surface area contributed by atoms with Crippen LogP contribution < -0.4 is 0 Å². The maximum absolute atomic E-state index is 0. The first-order valence-electron chi connectivity index (χ1n) is 0. The predicted molar refractivity (Wildman–Crippen MR) is 21.3 cm³/mol. The Labute approximate surface area is 71.0 Å². The van der Waals surface area contributed by atoms with Gasteiger partial charge in [0.05, 0.1) is 0 Å². The summed E-state index contributed by atoms with van der Waals surface area (Å²) in [5.41, 5.74) is 0. The van der Waals surface area contributed by atoms with Crippen LogP contribution in [0.15, 0.2) is 0 Å². The fraction of sp³-hybridized carbons (Fsp3) is 0. The molecule has 0 fully saturated rings. The van der Waals surface area contributed by atoms with Gasteiger partial charge in [-0.1, -0.05) is 0 Å². The normalized spacial score (nSPS) is 0. The van der Waals surface area contributed by atoms with Crippen LogP contribution in [0.2, 0.25) is 0 Å². The van der Waals surface area contributed by atoms with E-state index in [0.717, 1.165) is 0 Å². The Balaban J connectivity index is 0. The molecule has 0 N–H and O–H groups in total. The second kappa shape index (κ2) is 19.1. The van der Waals surface area contributed by atoms with Gasteiger partial charge < -0.3 is 0 Å². The van der Waals surface area contributed by atoms with Crippen LogP contribution in [0.5, 0.6) is 0 Å². The van der Waals surface area contributed by atoms with E-state index in [4.69, 9.17) is 0 Å². The van der Waals surface area contributed by atoms with Crippen LogP contribution in [0.3, 0.4) is 0 Å². The summed E-state index contributed by atoms with van der Waals surface area (Å²) < 4.78 is 0. The van der Waals surface area contributed by atoms with Crippen molar-refractivity contribution in [2.75, 3.05) is 0 Å². The van der Waals surface area contributed by atoms with E-state index in [1.54, 1.807) is 0 Å². The first-order valence-corrected chi connectivity index (χ1v) is 0. The summed E-state index contributed by atoms with van der Waals surface area (Å²) in [6.45, 7) is 0. The van der Waals surface area contributed by atoms with Crippen molar-refractivity contribution < 1.29 is 43.4 Å². The fourth-order valence-corrected chi connectivity index (χ4v) is 0. The topological polar surface area (TPSA) is 0 Å². The molecule has 0 aromatic rings. The molecule has 0 radical (unpaired) electrons. The average Bonchev–Trinajstić information content (AvgIpc) is 0. The maximum atomic E-state index is 0. The van der Waals surface area contributed by atoms with Gasteiger partial charge >= 0.3 is 0 Å². The molecule has 0 amide bonds. The van der Waals surface area contributed by atoms with Gasteiger partial charge in [0.1, 0.15) is 0 Å². The Morgan fingerprint density at radius 2 is 0.750 bits per heavy atom. The third-order valence-electron chi connectivity index (χ3n) is 0. The fourth-order valence-electron chi connectivity index (χ4n) is 0. The minimum absolute atomic E-state index is 0. The predicted octanol–water partition coefficient (Wildman–Crippen LogP) is -2.64. The van der Waals surface area contributed by atoms with E-state index in [1.165, 1.54) is 0 Å². The second-order valence-electron chi connectivity index (χ2n) is 0. The van der Waals surface area contributed by atoms with Gasteiger partial charge in [-0.15, -0.1) is 0 Å². The summed E-state index contributed by atoms with van der Waals surface area (Å²) >= 11 is 0. The Bertz CT molecular complexity index is 6.00. The molecule has 0 saturated heterocycles. The molecule has 4 heavy (non-hydrogen) atoms.